The van der Waals surface area contributed by atoms with E-state index in [0.717, 1.165) is 66.4 Å². The minimum Gasteiger partial charge on any atom is -0.378 e. The number of halogens is 2. The molecular weight excluding hydrogens is 459 g/mol. The highest BCUT2D eigenvalue weighted by molar-refractivity contribution is 6.42. The Bertz CT molecular complexity index is 1150. The molecule has 3 heterocycles. The third kappa shape index (κ3) is 5.03. The molecule has 5 rings (SSSR count). The summed E-state index contributed by atoms with van der Waals surface area (Å²) in [5.41, 5.74) is 5.09. The van der Waals surface area contributed by atoms with Crippen molar-refractivity contribution in [1.82, 2.24) is 14.9 Å². The zero-order chi connectivity index (χ0) is 22.8. The number of hydrogen-bond acceptors (Lipinski definition) is 4. The molecule has 8 heteroatoms. The Morgan fingerprint density at radius 3 is 2.70 bits per heavy atom. The summed E-state index contributed by atoms with van der Waals surface area (Å²) in [4.78, 5) is 19.8. The predicted octanol–water partition coefficient (Wildman–Crippen LogP) is 4.50. The van der Waals surface area contributed by atoms with Crippen molar-refractivity contribution in [1.29, 1.82) is 0 Å². The van der Waals surface area contributed by atoms with Gasteiger partial charge in [-0.05, 0) is 41.8 Å². The fraction of sp³-hybridized carbons (Fsp3) is 0.360. The van der Waals surface area contributed by atoms with E-state index in [0.29, 0.717) is 29.8 Å². The van der Waals surface area contributed by atoms with E-state index in [4.69, 9.17) is 32.9 Å². The number of aromatic nitrogens is 2. The summed E-state index contributed by atoms with van der Waals surface area (Å²) in [6.07, 6.45) is 4.58. The average Bonchev–Trinajstić information content (AvgIpc) is 3.43. The van der Waals surface area contributed by atoms with Gasteiger partial charge >= 0.3 is 0 Å². The van der Waals surface area contributed by atoms with Crippen LogP contribution in [0.15, 0.2) is 42.6 Å². The number of amides is 1. The Morgan fingerprint density at radius 2 is 1.91 bits per heavy atom. The van der Waals surface area contributed by atoms with Gasteiger partial charge in [-0.15, -0.1) is 0 Å². The lowest BCUT2D eigenvalue weighted by atomic mass is 10.0. The molecule has 2 aromatic carbocycles. The Balaban J connectivity index is 1.35. The van der Waals surface area contributed by atoms with E-state index in [1.807, 2.05) is 6.07 Å². The molecule has 0 aliphatic carbocycles. The monoisotopic (exact) mass is 484 g/mol. The summed E-state index contributed by atoms with van der Waals surface area (Å²) < 4.78 is 7.77. The molecule has 172 valence electrons. The van der Waals surface area contributed by atoms with E-state index in [9.17, 15) is 4.79 Å². The van der Waals surface area contributed by atoms with Crippen molar-refractivity contribution in [3.8, 4) is 11.3 Å². The molecule has 3 aromatic rings. The lowest BCUT2D eigenvalue weighted by Gasteiger charge is -2.31. The van der Waals surface area contributed by atoms with E-state index in [-0.39, 0.29) is 12.3 Å². The third-order valence-corrected chi connectivity index (χ3v) is 6.95. The summed E-state index contributed by atoms with van der Waals surface area (Å²) in [5, 5.41) is 4.02. The first-order chi connectivity index (χ1) is 16.1. The summed E-state index contributed by atoms with van der Waals surface area (Å²) in [6.45, 7) is 4.56. The Hall–Kier alpha value is -2.54. The SMILES string of the molecule is O=C(Cc1ccc(Cl)c(Cl)c1)NCc1cc(-c2cn3c(n2)CCC3)ccc1N1CCOCC1. The lowest BCUT2D eigenvalue weighted by Crippen LogP contribution is -2.37. The number of carbonyl (C=O) groups is 1. The van der Waals surface area contributed by atoms with Gasteiger partial charge in [0.05, 0.1) is 35.4 Å². The van der Waals surface area contributed by atoms with E-state index < -0.39 is 0 Å². The van der Waals surface area contributed by atoms with Crippen LogP contribution < -0.4 is 10.2 Å². The van der Waals surface area contributed by atoms with Gasteiger partial charge in [0.25, 0.3) is 0 Å². The van der Waals surface area contributed by atoms with Crippen LogP contribution in [-0.4, -0.2) is 41.8 Å². The van der Waals surface area contributed by atoms with Gasteiger partial charge < -0.3 is 19.5 Å². The summed E-state index contributed by atoms with van der Waals surface area (Å²) >= 11 is 12.1. The van der Waals surface area contributed by atoms with Crippen molar-refractivity contribution in [2.24, 2.45) is 0 Å². The Labute approximate surface area is 203 Å². The van der Waals surface area contributed by atoms with Gasteiger partial charge in [0, 0.05) is 50.0 Å². The number of carbonyl (C=O) groups excluding carboxylic acids is 1. The van der Waals surface area contributed by atoms with E-state index in [1.54, 1.807) is 12.1 Å². The van der Waals surface area contributed by atoms with Gasteiger partial charge in [-0.3, -0.25) is 4.79 Å². The van der Waals surface area contributed by atoms with Crippen LogP contribution in [0.2, 0.25) is 10.0 Å². The molecule has 1 aromatic heterocycles. The molecule has 0 radical (unpaired) electrons. The zero-order valence-corrected chi connectivity index (χ0v) is 19.8. The van der Waals surface area contributed by atoms with Crippen LogP contribution in [0.4, 0.5) is 5.69 Å². The first-order valence-electron chi connectivity index (χ1n) is 11.3. The number of nitrogens with zero attached hydrogens (tertiary/aromatic N) is 3. The van der Waals surface area contributed by atoms with Gasteiger partial charge in [-0.25, -0.2) is 4.98 Å². The minimum atomic E-state index is -0.0623. The highest BCUT2D eigenvalue weighted by Crippen LogP contribution is 2.29. The quantitative estimate of drug-likeness (QED) is 0.559. The van der Waals surface area contributed by atoms with Crippen molar-refractivity contribution in [2.75, 3.05) is 31.2 Å². The smallest absolute Gasteiger partial charge is 0.224 e. The number of nitrogens with one attached hydrogen (secondary N) is 1. The zero-order valence-electron chi connectivity index (χ0n) is 18.3. The van der Waals surface area contributed by atoms with Crippen LogP contribution >= 0.6 is 23.2 Å². The average molecular weight is 485 g/mol. The predicted molar refractivity (Wildman–Crippen MR) is 131 cm³/mol. The van der Waals surface area contributed by atoms with Gasteiger partial charge in [0.1, 0.15) is 5.82 Å². The number of ether oxygens (including phenoxy) is 1. The van der Waals surface area contributed by atoms with E-state index in [2.05, 4.69) is 39.2 Å². The summed E-state index contributed by atoms with van der Waals surface area (Å²) in [5.74, 6) is 1.09. The molecule has 0 bridgehead atoms. The molecule has 1 N–H and O–H groups in total. The molecule has 0 unspecified atom stereocenters. The van der Waals surface area contributed by atoms with E-state index >= 15 is 0 Å². The van der Waals surface area contributed by atoms with Gasteiger partial charge in [-0.2, -0.15) is 0 Å². The van der Waals surface area contributed by atoms with Gasteiger partial charge in [0.15, 0.2) is 0 Å². The van der Waals surface area contributed by atoms with Crippen molar-refractivity contribution in [2.45, 2.75) is 32.4 Å². The van der Waals surface area contributed by atoms with Crippen molar-refractivity contribution < 1.29 is 9.53 Å². The van der Waals surface area contributed by atoms with Crippen LogP contribution in [0.3, 0.4) is 0 Å². The number of hydrogen-bond donors (Lipinski definition) is 1. The van der Waals surface area contributed by atoms with Gasteiger partial charge in [0.2, 0.25) is 5.91 Å². The Kier molecular flexibility index (Phi) is 6.58. The normalized spacial score (nSPS) is 15.5. The van der Waals surface area contributed by atoms with Crippen LogP contribution in [0.25, 0.3) is 11.3 Å². The maximum atomic E-state index is 12.7. The molecule has 2 aliphatic heterocycles. The fourth-order valence-electron chi connectivity index (χ4n) is 4.48. The maximum absolute atomic E-state index is 12.7. The second kappa shape index (κ2) is 9.75. The molecule has 1 fully saturated rings. The second-order valence-corrected chi connectivity index (χ2v) is 9.30. The topological polar surface area (TPSA) is 59.4 Å². The number of benzene rings is 2. The molecule has 1 saturated heterocycles. The largest absolute Gasteiger partial charge is 0.378 e. The highest BCUT2D eigenvalue weighted by Gasteiger charge is 2.19. The Morgan fingerprint density at radius 1 is 1.06 bits per heavy atom. The van der Waals surface area contributed by atoms with Crippen molar-refractivity contribution >= 4 is 34.8 Å². The number of aryl methyl sites for hydroxylation is 2. The summed E-state index contributed by atoms with van der Waals surface area (Å²) in [6, 6.07) is 11.7. The fourth-order valence-corrected chi connectivity index (χ4v) is 4.81. The van der Waals surface area contributed by atoms with Gasteiger partial charge in [-0.1, -0.05) is 35.3 Å². The molecule has 1 amide bonds. The number of imidazole rings is 1. The first-order valence-corrected chi connectivity index (χ1v) is 12.0. The van der Waals surface area contributed by atoms with Crippen LogP contribution in [0.5, 0.6) is 0 Å². The molecule has 33 heavy (non-hydrogen) atoms. The van der Waals surface area contributed by atoms with Crippen molar-refractivity contribution in [3.63, 3.8) is 0 Å². The van der Waals surface area contributed by atoms with E-state index in [1.165, 1.54) is 0 Å². The number of fused-ring (bicyclic) bond motifs is 1. The van der Waals surface area contributed by atoms with Crippen LogP contribution in [-0.2, 0) is 35.5 Å². The first kappa shape index (κ1) is 22.3. The minimum absolute atomic E-state index is 0.0623. The molecular formula is C25H26Cl2N4O2. The molecule has 6 nitrogen and oxygen atoms in total. The number of morpholine rings is 1. The number of rotatable bonds is 6. The van der Waals surface area contributed by atoms with Crippen LogP contribution in [0, 0.1) is 0 Å². The molecule has 2 aliphatic rings. The molecule has 0 atom stereocenters. The standard InChI is InChI=1S/C25H26Cl2N4O2/c26-20-5-3-17(12-21(20)27)13-25(32)28-15-19-14-18(22-16-31-7-1-2-24(31)29-22)4-6-23(19)30-8-10-33-11-9-30/h3-6,12,14,16H,1-2,7-11,13,15H2,(H,28,32). The third-order valence-electron chi connectivity index (χ3n) is 6.21. The molecule has 0 spiro atoms. The number of anilines is 1. The second-order valence-electron chi connectivity index (χ2n) is 8.48. The van der Waals surface area contributed by atoms with Crippen molar-refractivity contribution in [3.05, 3.63) is 69.6 Å². The molecule has 0 saturated carbocycles. The van der Waals surface area contributed by atoms with Crippen LogP contribution in [0.1, 0.15) is 23.4 Å². The lowest BCUT2D eigenvalue weighted by molar-refractivity contribution is -0.120. The highest BCUT2D eigenvalue weighted by atomic mass is 35.5. The summed E-state index contributed by atoms with van der Waals surface area (Å²) in [7, 11) is 0. The maximum Gasteiger partial charge on any atom is 0.224 e.